The Hall–Kier alpha value is -4.55. The predicted molar refractivity (Wildman–Crippen MR) is 148 cm³/mol. The third-order valence-electron chi connectivity index (χ3n) is 6.53. The van der Waals surface area contributed by atoms with Gasteiger partial charge in [0, 0.05) is 56.1 Å². The molecule has 4 aromatic rings. The van der Waals surface area contributed by atoms with E-state index in [9.17, 15) is 18.0 Å². The smallest absolute Gasteiger partial charge is 0.253 e. The van der Waals surface area contributed by atoms with Gasteiger partial charge in [0.25, 0.3) is 5.91 Å². The summed E-state index contributed by atoms with van der Waals surface area (Å²) in [6.45, 7) is 3.69. The number of carbonyl (C=O) groups is 2. The molecule has 40 heavy (non-hydrogen) atoms. The van der Waals surface area contributed by atoms with Crippen LogP contribution in [0.15, 0.2) is 88.5 Å². The topological polar surface area (TPSA) is 138 Å². The monoisotopic (exact) mass is 560 g/mol. The summed E-state index contributed by atoms with van der Waals surface area (Å²) in [5.74, 6) is 0.822. The molecule has 1 saturated heterocycles. The van der Waals surface area contributed by atoms with Gasteiger partial charge in [0.05, 0.1) is 23.4 Å². The number of hydrogen-bond acceptors (Lipinski definition) is 8. The highest BCUT2D eigenvalue weighted by atomic mass is 32.2. The van der Waals surface area contributed by atoms with Crippen molar-refractivity contribution in [2.24, 2.45) is 0 Å². The van der Waals surface area contributed by atoms with E-state index >= 15 is 0 Å². The lowest BCUT2D eigenvalue weighted by molar-refractivity contribution is -0.130. The summed E-state index contributed by atoms with van der Waals surface area (Å²) in [6.07, 6.45) is 3.10. The first-order chi connectivity index (χ1) is 19.3. The molecular weight excluding hydrogens is 532 g/mol. The second-order valence-electron chi connectivity index (χ2n) is 9.19. The van der Waals surface area contributed by atoms with Crippen LogP contribution in [0.4, 0.5) is 11.6 Å². The van der Waals surface area contributed by atoms with Crippen molar-refractivity contribution < 1.29 is 22.4 Å². The van der Waals surface area contributed by atoms with Gasteiger partial charge >= 0.3 is 0 Å². The Bertz CT molecular complexity index is 1580. The Morgan fingerprint density at radius 1 is 0.925 bits per heavy atom. The number of furan rings is 1. The summed E-state index contributed by atoms with van der Waals surface area (Å²) in [5, 5.41) is 3.14. The van der Waals surface area contributed by atoms with E-state index in [0.717, 1.165) is 5.56 Å². The number of benzene rings is 2. The summed E-state index contributed by atoms with van der Waals surface area (Å²) < 4.78 is 32.9. The number of sulfonamides is 1. The fourth-order valence-electron chi connectivity index (χ4n) is 4.28. The summed E-state index contributed by atoms with van der Waals surface area (Å²) in [7, 11) is -3.70. The van der Waals surface area contributed by atoms with Gasteiger partial charge in [0.2, 0.25) is 21.9 Å². The number of amides is 2. The maximum atomic E-state index is 12.9. The molecule has 2 aromatic carbocycles. The summed E-state index contributed by atoms with van der Waals surface area (Å²) in [6, 6.07) is 18.6. The van der Waals surface area contributed by atoms with E-state index in [4.69, 9.17) is 4.42 Å². The van der Waals surface area contributed by atoms with Crippen LogP contribution in [0.5, 0.6) is 0 Å². The van der Waals surface area contributed by atoms with Crippen LogP contribution in [-0.2, 0) is 21.4 Å². The molecule has 2 amide bonds. The van der Waals surface area contributed by atoms with Gasteiger partial charge in [-0.2, -0.15) is 0 Å². The molecule has 2 aromatic heterocycles. The highest BCUT2D eigenvalue weighted by Gasteiger charge is 2.23. The van der Waals surface area contributed by atoms with Crippen LogP contribution >= 0.6 is 0 Å². The Kier molecular flexibility index (Phi) is 7.89. The number of rotatable bonds is 8. The Balaban J connectivity index is 1.21. The van der Waals surface area contributed by atoms with Gasteiger partial charge in [-0.25, -0.2) is 23.1 Å². The number of nitrogens with zero attached hydrogens (tertiary/aromatic N) is 4. The molecule has 12 heteroatoms. The quantitative estimate of drug-likeness (QED) is 0.335. The van der Waals surface area contributed by atoms with Gasteiger partial charge in [0.15, 0.2) is 0 Å². The molecule has 1 fully saturated rings. The van der Waals surface area contributed by atoms with Crippen molar-refractivity contribution in [3.63, 3.8) is 0 Å². The standard InChI is InChI=1S/C28H28N6O5S/c1-20(35)33-14-16-34(17-15-33)27(36)22-4-8-23(9-5-22)31-28-29-13-12-26(32-28)21-6-10-25(11-7-21)40(37,38)30-19-24-3-2-18-39-24/h2-13,18,30H,14-17,19H2,1H3,(H,29,31,32). The molecule has 1 aliphatic heterocycles. The maximum absolute atomic E-state index is 12.9. The molecule has 206 valence electrons. The van der Waals surface area contributed by atoms with Crippen molar-refractivity contribution >= 4 is 33.5 Å². The molecule has 0 atom stereocenters. The number of nitrogens with one attached hydrogen (secondary N) is 2. The van der Waals surface area contributed by atoms with Crippen molar-refractivity contribution in [3.8, 4) is 11.3 Å². The summed E-state index contributed by atoms with van der Waals surface area (Å²) >= 11 is 0. The Labute approximate surface area is 231 Å². The molecule has 0 radical (unpaired) electrons. The Morgan fingerprint density at radius 3 is 2.27 bits per heavy atom. The molecule has 1 aliphatic rings. The maximum Gasteiger partial charge on any atom is 0.253 e. The van der Waals surface area contributed by atoms with Crippen LogP contribution in [-0.4, -0.2) is 66.2 Å². The molecule has 0 saturated carbocycles. The van der Waals surface area contributed by atoms with Crippen LogP contribution in [0.2, 0.25) is 0 Å². The van der Waals surface area contributed by atoms with E-state index in [1.807, 2.05) is 0 Å². The molecule has 0 aliphatic carbocycles. The average Bonchev–Trinajstić information content (AvgIpc) is 3.51. The van der Waals surface area contributed by atoms with E-state index < -0.39 is 10.0 Å². The zero-order valence-electron chi connectivity index (χ0n) is 21.8. The highest BCUT2D eigenvalue weighted by molar-refractivity contribution is 7.89. The second kappa shape index (κ2) is 11.7. The van der Waals surface area contributed by atoms with Crippen molar-refractivity contribution in [3.05, 3.63) is 90.5 Å². The van der Waals surface area contributed by atoms with Gasteiger partial charge in [-0.1, -0.05) is 12.1 Å². The van der Waals surface area contributed by atoms with Gasteiger partial charge in [-0.05, 0) is 54.6 Å². The van der Waals surface area contributed by atoms with Crippen LogP contribution in [0.25, 0.3) is 11.3 Å². The molecule has 0 unspecified atom stereocenters. The van der Waals surface area contributed by atoms with Crippen LogP contribution in [0.1, 0.15) is 23.0 Å². The minimum atomic E-state index is -3.70. The van der Waals surface area contributed by atoms with E-state index in [1.165, 1.54) is 25.3 Å². The number of anilines is 2. The van der Waals surface area contributed by atoms with Crippen LogP contribution in [0.3, 0.4) is 0 Å². The summed E-state index contributed by atoms with van der Waals surface area (Å²) in [4.78, 5) is 36.8. The lowest BCUT2D eigenvalue weighted by Gasteiger charge is -2.34. The first-order valence-electron chi connectivity index (χ1n) is 12.7. The first-order valence-corrected chi connectivity index (χ1v) is 14.1. The normalized spacial score (nSPS) is 13.7. The van der Waals surface area contributed by atoms with E-state index in [-0.39, 0.29) is 23.3 Å². The fraction of sp³-hybridized carbons (Fsp3) is 0.214. The second-order valence-corrected chi connectivity index (χ2v) is 11.0. The van der Waals surface area contributed by atoms with Crippen molar-refractivity contribution in [1.29, 1.82) is 0 Å². The molecule has 5 rings (SSSR count). The Morgan fingerprint density at radius 2 is 1.62 bits per heavy atom. The molecule has 0 bridgehead atoms. The number of aromatic nitrogens is 2. The lowest BCUT2D eigenvalue weighted by Crippen LogP contribution is -2.50. The molecule has 2 N–H and O–H groups in total. The van der Waals surface area contributed by atoms with E-state index in [0.29, 0.717) is 54.8 Å². The highest BCUT2D eigenvalue weighted by Crippen LogP contribution is 2.22. The van der Waals surface area contributed by atoms with Gasteiger partial charge in [0.1, 0.15) is 5.76 Å². The third kappa shape index (κ3) is 6.35. The van der Waals surface area contributed by atoms with Crippen molar-refractivity contribution in [2.45, 2.75) is 18.4 Å². The van der Waals surface area contributed by atoms with E-state index in [2.05, 4.69) is 20.0 Å². The fourth-order valence-corrected chi connectivity index (χ4v) is 5.27. The zero-order chi connectivity index (χ0) is 28.1. The summed E-state index contributed by atoms with van der Waals surface area (Å²) in [5.41, 5.74) is 2.60. The molecular formula is C28H28N6O5S. The number of piperazine rings is 1. The lowest BCUT2D eigenvalue weighted by atomic mass is 10.1. The van der Waals surface area contributed by atoms with Gasteiger partial charge in [-0.3, -0.25) is 9.59 Å². The number of hydrogen-bond donors (Lipinski definition) is 2. The predicted octanol–water partition coefficient (Wildman–Crippen LogP) is 3.26. The van der Waals surface area contributed by atoms with Gasteiger partial charge in [-0.15, -0.1) is 0 Å². The van der Waals surface area contributed by atoms with Crippen molar-refractivity contribution in [2.75, 3.05) is 31.5 Å². The van der Waals surface area contributed by atoms with Crippen molar-refractivity contribution in [1.82, 2.24) is 24.5 Å². The SMILES string of the molecule is CC(=O)N1CCN(C(=O)c2ccc(Nc3nccc(-c4ccc(S(=O)(=O)NCc5ccco5)cc4)n3)cc2)CC1. The zero-order valence-corrected chi connectivity index (χ0v) is 22.6. The minimum Gasteiger partial charge on any atom is -0.468 e. The molecule has 3 heterocycles. The first kappa shape index (κ1) is 27.0. The van der Waals surface area contributed by atoms with Gasteiger partial charge < -0.3 is 19.5 Å². The minimum absolute atomic E-state index is 0.0214. The molecule has 11 nitrogen and oxygen atoms in total. The van der Waals surface area contributed by atoms with Crippen LogP contribution in [0, 0.1) is 0 Å². The van der Waals surface area contributed by atoms with E-state index in [1.54, 1.807) is 70.6 Å². The molecule has 0 spiro atoms. The average molecular weight is 561 g/mol. The van der Waals surface area contributed by atoms with Crippen LogP contribution < -0.4 is 10.0 Å². The largest absolute Gasteiger partial charge is 0.468 e. The number of carbonyl (C=O) groups excluding carboxylic acids is 2. The third-order valence-corrected chi connectivity index (χ3v) is 7.95.